The molecule has 27 heavy (non-hydrogen) atoms. The van der Waals surface area contributed by atoms with Crippen LogP contribution in [0.3, 0.4) is 0 Å². The van der Waals surface area contributed by atoms with Crippen molar-refractivity contribution in [2.45, 2.75) is 56.8 Å². The Labute approximate surface area is 164 Å². The molecule has 1 aromatic heterocycles. The van der Waals surface area contributed by atoms with Gasteiger partial charge in [0.1, 0.15) is 24.2 Å². The SMILES string of the molecule is CC(C)(C)n1cc[n+](CP2[C@H](c3ccccc3)CC[C@H]2c2ccccc2)c1. The first-order chi connectivity index (χ1) is 13.0. The molecule has 1 aliphatic rings. The molecule has 0 aliphatic carbocycles. The van der Waals surface area contributed by atoms with Gasteiger partial charge in [0.25, 0.3) is 0 Å². The summed E-state index contributed by atoms with van der Waals surface area (Å²) in [7, 11) is -0.174. The molecule has 0 unspecified atom stereocenters. The third kappa shape index (κ3) is 4.01. The zero-order valence-corrected chi connectivity index (χ0v) is 17.5. The van der Waals surface area contributed by atoms with Crippen LogP contribution >= 0.6 is 7.92 Å². The van der Waals surface area contributed by atoms with Crippen molar-refractivity contribution in [3.63, 3.8) is 0 Å². The van der Waals surface area contributed by atoms with Crippen LogP contribution in [-0.2, 0) is 11.8 Å². The highest BCUT2D eigenvalue weighted by atomic mass is 31.1. The minimum Gasteiger partial charge on any atom is -0.233 e. The predicted octanol–water partition coefficient (Wildman–Crippen LogP) is 6.25. The summed E-state index contributed by atoms with van der Waals surface area (Å²) >= 11 is 0. The first-order valence-corrected chi connectivity index (χ1v) is 11.6. The van der Waals surface area contributed by atoms with Crippen LogP contribution in [0.2, 0.25) is 0 Å². The molecule has 3 heteroatoms. The van der Waals surface area contributed by atoms with E-state index in [1.807, 2.05) is 0 Å². The van der Waals surface area contributed by atoms with Crippen LogP contribution in [0.1, 0.15) is 56.1 Å². The molecule has 2 heterocycles. The van der Waals surface area contributed by atoms with E-state index in [1.54, 1.807) is 0 Å². The molecule has 1 aliphatic heterocycles. The van der Waals surface area contributed by atoms with Crippen LogP contribution in [0.25, 0.3) is 0 Å². The van der Waals surface area contributed by atoms with Crippen molar-refractivity contribution in [2.75, 3.05) is 0 Å². The van der Waals surface area contributed by atoms with E-state index in [4.69, 9.17) is 0 Å². The fraction of sp³-hybridized carbons (Fsp3) is 0.375. The van der Waals surface area contributed by atoms with Gasteiger partial charge in [0.05, 0.1) is 0 Å². The van der Waals surface area contributed by atoms with Crippen LogP contribution in [0.15, 0.2) is 79.4 Å². The van der Waals surface area contributed by atoms with E-state index < -0.39 is 0 Å². The van der Waals surface area contributed by atoms with Crippen molar-refractivity contribution in [3.8, 4) is 0 Å². The minimum atomic E-state index is -0.174. The molecule has 140 valence electrons. The normalized spacial score (nSPS) is 20.9. The van der Waals surface area contributed by atoms with Gasteiger partial charge in [-0.15, -0.1) is 0 Å². The van der Waals surface area contributed by atoms with Gasteiger partial charge in [-0.1, -0.05) is 60.7 Å². The molecule has 2 atom stereocenters. The summed E-state index contributed by atoms with van der Waals surface area (Å²) in [5.74, 6) is 0. The third-order valence-corrected chi connectivity index (χ3v) is 9.04. The van der Waals surface area contributed by atoms with Crippen molar-refractivity contribution in [3.05, 3.63) is 90.5 Å². The van der Waals surface area contributed by atoms with E-state index in [-0.39, 0.29) is 13.5 Å². The number of rotatable bonds is 4. The average molecular weight is 377 g/mol. The van der Waals surface area contributed by atoms with Gasteiger partial charge in [-0.3, -0.25) is 0 Å². The summed E-state index contributed by atoms with van der Waals surface area (Å²) in [6.45, 7) is 6.79. The fourth-order valence-corrected chi connectivity index (χ4v) is 7.64. The van der Waals surface area contributed by atoms with Crippen LogP contribution in [0.5, 0.6) is 0 Å². The second-order valence-electron chi connectivity index (χ2n) is 8.59. The van der Waals surface area contributed by atoms with Crippen LogP contribution < -0.4 is 4.57 Å². The number of benzene rings is 2. The van der Waals surface area contributed by atoms with E-state index in [9.17, 15) is 0 Å². The molecule has 0 spiro atoms. The van der Waals surface area contributed by atoms with Crippen molar-refractivity contribution >= 4 is 7.92 Å². The summed E-state index contributed by atoms with van der Waals surface area (Å²) < 4.78 is 4.75. The van der Waals surface area contributed by atoms with E-state index in [2.05, 4.69) is 109 Å². The molecule has 4 rings (SSSR count). The van der Waals surface area contributed by atoms with E-state index in [0.717, 1.165) is 6.29 Å². The summed E-state index contributed by atoms with van der Waals surface area (Å²) in [5, 5.41) is 0. The molecule has 1 saturated heterocycles. The zero-order valence-electron chi connectivity index (χ0n) is 16.6. The Morgan fingerprint density at radius 2 is 1.41 bits per heavy atom. The van der Waals surface area contributed by atoms with Gasteiger partial charge in [0.15, 0.2) is 0 Å². The number of hydrogen-bond acceptors (Lipinski definition) is 0. The molecule has 3 aromatic rings. The summed E-state index contributed by atoms with van der Waals surface area (Å²) in [6, 6.07) is 22.4. The Kier molecular flexibility index (Phi) is 5.19. The molecule has 0 radical (unpaired) electrons. The second-order valence-corrected chi connectivity index (χ2v) is 11.1. The zero-order chi connectivity index (χ0) is 18.9. The topological polar surface area (TPSA) is 8.81 Å². The Hall–Kier alpha value is -1.92. The van der Waals surface area contributed by atoms with Gasteiger partial charge in [-0.05, 0) is 52.7 Å². The molecular formula is C24H30N2P+. The van der Waals surface area contributed by atoms with Gasteiger partial charge < -0.3 is 0 Å². The Morgan fingerprint density at radius 3 is 1.85 bits per heavy atom. The van der Waals surface area contributed by atoms with Crippen LogP contribution in [0.4, 0.5) is 0 Å². The number of imidazole rings is 1. The standard InChI is InChI=1S/C24H30N2P/c1-24(2,3)26-17-16-25(18-26)19-27-22(20-10-6-4-7-11-20)14-15-23(27)21-12-8-5-9-13-21/h4-13,16-18,22-23H,14-15,19H2,1-3H3/q+1/t22-,23-/m0/s1. The van der Waals surface area contributed by atoms with Gasteiger partial charge in [0.2, 0.25) is 6.33 Å². The summed E-state index contributed by atoms with van der Waals surface area (Å²) in [5.41, 5.74) is 4.57. The van der Waals surface area contributed by atoms with Crippen LogP contribution in [0, 0.1) is 0 Å². The van der Waals surface area contributed by atoms with Crippen molar-refractivity contribution in [1.82, 2.24) is 4.57 Å². The third-order valence-electron chi connectivity index (χ3n) is 5.68. The van der Waals surface area contributed by atoms with Crippen LogP contribution in [-0.4, -0.2) is 4.57 Å². The van der Waals surface area contributed by atoms with Gasteiger partial charge in [0, 0.05) is 11.3 Å². The highest BCUT2D eigenvalue weighted by molar-refractivity contribution is 7.57. The monoisotopic (exact) mass is 377 g/mol. The fourth-order valence-electron chi connectivity index (χ4n) is 4.19. The lowest BCUT2D eigenvalue weighted by Gasteiger charge is -2.25. The van der Waals surface area contributed by atoms with Crippen molar-refractivity contribution < 1.29 is 4.57 Å². The minimum absolute atomic E-state index is 0.131. The lowest BCUT2D eigenvalue weighted by atomic mass is 10.0. The Morgan fingerprint density at radius 1 is 0.889 bits per heavy atom. The summed E-state index contributed by atoms with van der Waals surface area (Å²) in [6.07, 6.45) is 10.5. The Bertz CT molecular complexity index is 817. The van der Waals surface area contributed by atoms with Gasteiger partial charge >= 0.3 is 0 Å². The predicted molar refractivity (Wildman–Crippen MR) is 114 cm³/mol. The van der Waals surface area contributed by atoms with Crippen molar-refractivity contribution in [1.29, 1.82) is 0 Å². The molecule has 2 aromatic carbocycles. The highest BCUT2D eigenvalue weighted by Crippen LogP contribution is 2.70. The molecule has 0 amide bonds. The highest BCUT2D eigenvalue weighted by Gasteiger charge is 2.38. The quantitative estimate of drug-likeness (QED) is 0.375. The smallest absolute Gasteiger partial charge is 0.233 e. The largest absolute Gasteiger partial charge is 0.244 e. The van der Waals surface area contributed by atoms with E-state index in [0.29, 0.717) is 11.3 Å². The van der Waals surface area contributed by atoms with E-state index in [1.165, 1.54) is 24.0 Å². The second kappa shape index (κ2) is 7.60. The summed E-state index contributed by atoms with van der Waals surface area (Å²) in [4.78, 5) is 0. The van der Waals surface area contributed by atoms with Gasteiger partial charge in [-0.25, -0.2) is 9.13 Å². The molecule has 0 N–H and O–H groups in total. The first-order valence-electron chi connectivity index (χ1n) is 9.95. The molecule has 1 fully saturated rings. The number of hydrogen-bond donors (Lipinski definition) is 0. The Balaban J connectivity index is 1.65. The maximum Gasteiger partial charge on any atom is 0.244 e. The number of nitrogens with zero attached hydrogens (tertiary/aromatic N) is 2. The van der Waals surface area contributed by atoms with E-state index >= 15 is 0 Å². The number of aromatic nitrogens is 2. The molecule has 2 nitrogen and oxygen atoms in total. The first kappa shape index (κ1) is 18.4. The maximum absolute atomic E-state index is 2.42. The van der Waals surface area contributed by atoms with Crippen molar-refractivity contribution in [2.24, 2.45) is 0 Å². The molecule has 0 bridgehead atoms. The van der Waals surface area contributed by atoms with Gasteiger partial charge in [-0.2, -0.15) is 0 Å². The lowest BCUT2D eigenvalue weighted by Crippen LogP contribution is -2.32. The average Bonchev–Trinajstić information content (AvgIpc) is 3.31. The maximum atomic E-state index is 2.42. The molecule has 0 saturated carbocycles. The molecular weight excluding hydrogens is 347 g/mol. The lowest BCUT2D eigenvalue weighted by molar-refractivity contribution is -0.677.